The SMILES string of the molecule is CC1CN(c2cc(Cl)nc(C(F)(F)F)n2)CC(C)(C)O1. The van der Waals surface area contributed by atoms with Gasteiger partial charge in [0, 0.05) is 19.2 Å². The summed E-state index contributed by atoms with van der Waals surface area (Å²) in [5.74, 6) is -1.06. The molecule has 0 saturated carbocycles. The van der Waals surface area contributed by atoms with Gasteiger partial charge in [-0.2, -0.15) is 13.2 Å². The maximum atomic E-state index is 12.7. The van der Waals surface area contributed by atoms with Crippen molar-refractivity contribution in [2.75, 3.05) is 18.0 Å². The van der Waals surface area contributed by atoms with Crippen molar-refractivity contribution in [3.05, 3.63) is 17.0 Å². The van der Waals surface area contributed by atoms with Crippen molar-refractivity contribution in [3.8, 4) is 0 Å². The van der Waals surface area contributed by atoms with Gasteiger partial charge in [-0.3, -0.25) is 0 Å². The number of hydrogen-bond donors (Lipinski definition) is 0. The average molecular weight is 310 g/mol. The lowest BCUT2D eigenvalue weighted by atomic mass is 10.1. The van der Waals surface area contributed by atoms with E-state index in [1.165, 1.54) is 6.07 Å². The number of aromatic nitrogens is 2. The molecule has 2 rings (SSSR count). The first kappa shape index (κ1) is 15.3. The first-order valence-corrected chi connectivity index (χ1v) is 6.49. The number of nitrogens with zero attached hydrogens (tertiary/aromatic N) is 3. The molecule has 0 N–H and O–H groups in total. The van der Waals surface area contributed by atoms with E-state index in [9.17, 15) is 13.2 Å². The molecule has 1 atom stereocenters. The zero-order valence-electron chi connectivity index (χ0n) is 11.3. The van der Waals surface area contributed by atoms with E-state index >= 15 is 0 Å². The molecule has 0 radical (unpaired) electrons. The predicted octanol–water partition coefficient (Wildman–Crippen LogP) is 3.15. The van der Waals surface area contributed by atoms with Gasteiger partial charge in [-0.05, 0) is 20.8 Å². The molecule has 4 nitrogen and oxygen atoms in total. The van der Waals surface area contributed by atoms with E-state index < -0.39 is 17.6 Å². The molecule has 1 fully saturated rings. The highest BCUT2D eigenvalue weighted by Crippen LogP contribution is 2.31. The summed E-state index contributed by atoms with van der Waals surface area (Å²) < 4.78 is 43.9. The first-order valence-electron chi connectivity index (χ1n) is 6.11. The van der Waals surface area contributed by atoms with E-state index in [0.29, 0.717) is 13.1 Å². The topological polar surface area (TPSA) is 38.2 Å². The van der Waals surface area contributed by atoms with Gasteiger partial charge in [0.1, 0.15) is 11.0 Å². The third kappa shape index (κ3) is 3.52. The van der Waals surface area contributed by atoms with Crippen LogP contribution in [0, 0.1) is 0 Å². The molecular formula is C12H15ClF3N3O. The summed E-state index contributed by atoms with van der Waals surface area (Å²) in [6.45, 7) is 6.50. The van der Waals surface area contributed by atoms with Gasteiger partial charge < -0.3 is 9.64 Å². The number of ether oxygens (including phenoxy) is 1. The summed E-state index contributed by atoms with van der Waals surface area (Å²) in [4.78, 5) is 8.54. The summed E-state index contributed by atoms with van der Waals surface area (Å²) >= 11 is 5.67. The van der Waals surface area contributed by atoms with Gasteiger partial charge in [0.05, 0.1) is 11.7 Å². The second-order valence-corrected chi connectivity index (χ2v) is 5.83. The quantitative estimate of drug-likeness (QED) is 0.747. The molecule has 0 amide bonds. The minimum Gasteiger partial charge on any atom is -0.369 e. The second-order valence-electron chi connectivity index (χ2n) is 5.44. The van der Waals surface area contributed by atoms with Crippen LogP contribution in [-0.4, -0.2) is 34.8 Å². The Balaban J connectivity index is 2.35. The molecule has 1 aliphatic heterocycles. The van der Waals surface area contributed by atoms with Gasteiger partial charge >= 0.3 is 6.18 Å². The van der Waals surface area contributed by atoms with Crippen LogP contribution in [0.25, 0.3) is 0 Å². The Labute approximate surface area is 119 Å². The van der Waals surface area contributed by atoms with E-state index in [1.807, 2.05) is 20.8 Å². The summed E-state index contributed by atoms with van der Waals surface area (Å²) in [6.07, 6.45) is -4.73. The fourth-order valence-corrected chi connectivity index (χ4v) is 2.50. The van der Waals surface area contributed by atoms with Crippen LogP contribution >= 0.6 is 11.6 Å². The third-order valence-corrected chi connectivity index (χ3v) is 3.02. The second kappa shape index (κ2) is 5.04. The highest BCUT2D eigenvalue weighted by molar-refractivity contribution is 6.29. The predicted molar refractivity (Wildman–Crippen MR) is 68.9 cm³/mol. The Morgan fingerprint density at radius 3 is 2.60 bits per heavy atom. The maximum absolute atomic E-state index is 12.7. The zero-order chi connectivity index (χ0) is 15.1. The van der Waals surface area contributed by atoms with Crippen molar-refractivity contribution in [2.45, 2.75) is 38.7 Å². The van der Waals surface area contributed by atoms with Gasteiger partial charge in [-0.1, -0.05) is 11.6 Å². The van der Waals surface area contributed by atoms with E-state index in [2.05, 4.69) is 9.97 Å². The molecule has 1 aromatic rings. The van der Waals surface area contributed by atoms with Crippen LogP contribution in [0.5, 0.6) is 0 Å². The van der Waals surface area contributed by atoms with E-state index in [-0.39, 0.29) is 17.1 Å². The van der Waals surface area contributed by atoms with Crippen LogP contribution in [0.4, 0.5) is 19.0 Å². The van der Waals surface area contributed by atoms with Crippen molar-refractivity contribution < 1.29 is 17.9 Å². The van der Waals surface area contributed by atoms with Crippen molar-refractivity contribution in [1.29, 1.82) is 0 Å². The fourth-order valence-electron chi connectivity index (χ4n) is 2.32. The molecule has 0 bridgehead atoms. The van der Waals surface area contributed by atoms with Crippen LogP contribution in [0.1, 0.15) is 26.6 Å². The Morgan fingerprint density at radius 1 is 1.40 bits per heavy atom. The van der Waals surface area contributed by atoms with Crippen LogP contribution < -0.4 is 4.90 Å². The highest BCUT2D eigenvalue weighted by atomic mass is 35.5. The summed E-state index contributed by atoms with van der Waals surface area (Å²) in [7, 11) is 0. The normalized spacial score (nSPS) is 22.9. The molecule has 1 aliphatic rings. The molecule has 2 heterocycles. The van der Waals surface area contributed by atoms with E-state index in [1.54, 1.807) is 4.90 Å². The van der Waals surface area contributed by atoms with Gasteiger partial charge in [-0.15, -0.1) is 0 Å². The van der Waals surface area contributed by atoms with Gasteiger partial charge in [0.2, 0.25) is 5.82 Å². The van der Waals surface area contributed by atoms with Crippen LogP contribution in [0.15, 0.2) is 6.07 Å². The van der Waals surface area contributed by atoms with Crippen LogP contribution in [0.2, 0.25) is 5.15 Å². The summed E-state index contributed by atoms with van der Waals surface area (Å²) in [5, 5.41) is -0.223. The molecular weight excluding hydrogens is 295 g/mol. The van der Waals surface area contributed by atoms with Gasteiger partial charge in [0.25, 0.3) is 0 Å². The van der Waals surface area contributed by atoms with Crippen molar-refractivity contribution in [2.24, 2.45) is 0 Å². The van der Waals surface area contributed by atoms with Crippen molar-refractivity contribution in [1.82, 2.24) is 9.97 Å². The average Bonchev–Trinajstić information content (AvgIpc) is 2.24. The smallest absolute Gasteiger partial charge is 0.369 e. The molecule has 1 saturated heterocycles. The first-order chi connectivity index (χ1) is 9.07. The third-order valence-electron chi connectivity index (χ3n) is 2.83. The van der Waals surface area contributed by atoms with Crippen molar-refractivity contribution in [3.63, 3.8) is 0 Å². The summed E-state index contributed by atoms with van der Waals surface area (Å²) in [6, 6.07) is 1.34. The number of hydrogen-bond acceptors (Lipinski definition) is 4. The minimum absolute atomic E-state index is 0.109. The Hall–Kier alpha value is -1.08. The molecule has 20 heavy (non-hydrogen) atoms. The number of anilines is 1. The molecule has 112 valence electrons. The lowest BCUT2D eigenvalue weighted by molar-refractivity contribution is -0.144. The monoisotopic (exact) mass is 309 g/mol. The summed E-state index contributed by atoms with van der Waals surface area (Å²) in [5.41, 5.74) is -0.465. The Morgan fingerprint density at radius 2 is 2.05 bits per heavy atom. The Bertz CT molecular complexity index is 507. The maximum Gasteiger partial charge on any atom is 0.451 e. The molecule has 8 heteroatoms. The standard InChI is InChI=1S/C12H15ClF3N3O/c1-7-5-19(6-11(2,3)20-7)9-4-8(13)17-10(18-9)12(14,15)16/h4,7H,5-6H2,1-3H3. The number of rotatable bonds is 1. The number of morpholine rings is 1. The van der Waals surface area contributed by atoms with Gasteiger partial charge in [-0.25, -0.2) is 9.97 Å². The lowest BCUT2D eigenvalue weighted by Gasteiger charge is -2.42. The molecule has 0 spiro atoms. The molecule has 1 unspecified atom stereocenters. The number of halogens is 4. The Kier molecular flexibility index (Phi) is 3.85. The van der Waals surface area contributed by atoms with Crippen molar-refractivity contribution >= 4 is 17.4 Å². The zero-order valence-corrected chi connectivity index (χ0v) is 12.1. The van der Waals surface area contributed by atoms with E-state index in [4.69, 9.17) is 16.3 Å². The lowest BCUT2D eigenvalue weighted by Crippen LogP contribution is -2.52. The number of alkyl halides is 3. The molecule has 0 aromatic carbocycles. The van der Waals surface area contributed by atoms with Gasteiger partial charge in [0.15, 0.2) is 0 Å². The molecule has 0 aliphatic carbocycles. The molecule has 1 aromatic heterocycles. The van der Waals surface area contributed by atoms with Crippen LogP contribution in [0.3, 0.4) is 0 Å². The largest absolute Gasteiger partial charge is 0.451 e. The fraction of sp³-hybridized carbons (Fsp3) is 0.667. The van der Waals surface area contributed by atoms with E-state index in [0.717, 1.165) is 0 Å². The van der Waals surface area contributed by atoms with Crippen LogP contribution in [-0.2, 0) is 10.9 Å². The minimum atomic E-state index is -4.62. The highest BCUT2D eigenvalue weighted by Gasteiger charge is 2.37.